The molecule has 29 heavy (non-hydrogen) atoms. The Labute approximate surface area is 192 Å². The molecule has 0 saturated carbocycles. The average Bonchev–Trinajstić information content (AvgIpc) is 3.18. The molecule has 0 spiro atoms. The first-order valence-corrected chi connectivity index (χ1v) is 9.21. The highest BCUT2D eigenvalue weighted by atomic mass is 127. The van der Waals surface area contributed by atoms with Crippen LogP contribution >= 0.6 is 35.6 Å². The predicted octanol–water partition coefficient (Wildman–Crippen LogP) is 4.09. The number of para-hydroxylation sites is 1. The van der Waals surface area contributed by atoms with Gasteiger partial charge in [-0.2, -0.15) is 4.98 Å². The molecule has 1 N–H and O–H groups in total. The zero-order valence-corrected chi connectivity index (χ0v) is 19.3. The number of ether oxygens (including phenoxy) is 1. The van der Waals surface area contributed by atoms with Crippen molar-refractivity contribution in [2.45, 2.75) is 6.54 Å². The Bertz CT molecular complexity index is 920. The van der Waals surface area contributed by atoms with E-state index in [1.165, 1.54) is 0 Å². The first kappa shape index (κ1) is 23.0. The Kier molecular flexibility index (Phi) is 9.20. The number of hydrogen-bond donors (Lipinski definition) is 1. The lowest BCUT2D eigenvalue weighted by Gasteiger charge is -2.21. The maximum absolute atomic E-state index is 6.01. The Hall–Kier alpha value is -2.33. The van der Waals surface area contributed by atoms with Gasteiger partial charge in [0.1, 0.15) is 12.4 Å². The summed E-state index contributed by atoms with van der Waals surface area (Å²) in [6, 6.07) is 17.0. The second kappa shape index (κ2) is 11.6. The number of aliphatic imine (C=N–C) groups is 1. The molecule has 0 radical (unpaired) electrons. The summed E-state index contributed by atoms with van der Waals surface area (Å²) in [7, 11) is 3.66. The first-order valence-electron chi connectivity index (χ1n) is 8.84. The molecule has 1 aromatic heterocycles. The van der Waals surface area contributed by atoms with Crippen molar-refractivity contribution in [1.29, 1.82) is 0 Å². The van der Waals surface area contributed by atoms with Crippen LogP contribution in [-0.4, -0.2) is 48.2 Å². The summed E-state index contributed by atoms with van der Waals surface area (Å²) in [6.07, 6.45) is 0. The topological polar surface area (TPSA) is 75.8 Å². The maximum Gasteiger partial charge on any atom is 0.246 e. The Morgan fingerprint density at radius 1 is 1.21 bits per heavy atom. The van der Waals surface area contributed by atoms with Crippen molar-refractivity contribution in [2.24, 2.45) is 4.99 Å². The largest absolute Gasteiger partial charge is 0.492 e. The molecule has 9 heteroatoms. The van der Waals surface area contributed by atoms with Gasteiger partial charge in [0.2, 0.25) is 11.7 Å². The van der Waals surface area contributed by atoms with Crippen LogP contribution in [0.15, 0.2) is 64.1 Å². The molecule has 154 valence electrons. The number of nitrogens with zero attached hydrogens (tertiary/aromatic N) is 4. The number of benzene rings is 2. The Morgan fingerprint density at radius 2 is 2.00 bits per heavy atom. The third-order valence-electron chi connectivity index (χ3n) is 3.96. The molecule has 0 bridgehead atoms. The van der Waals surface area contributed by atoms with Gasteiger partial charge in [-0.3, -0.25) is 4.99 Å². The second-order valence-electron chi connectivity index (χ2n) is 6.01. The van der Waals surface area contributed by atoms with Gasteiger partial charge in [0.15, 0.2) is 5.96 Å². The van der Waals surface area contributed by atoms with Crippen LogP contribution in [0.4, 0.5) is 0 Å². The van der Waals surface area contributed by atoms with Crippen LogP contribution in [-0.2, 0) is 6.54 Å². The SMILES string of the molecule is CN=C(NCc1nc(-c2cccc(Cl)c2)no1)N(C)CCOc1ccccc1.I. The van der Waals surface area contributed by atoms with E-state index in [-0.39, 0.29) is 24.0 Å². The number of halogens is 2. The highest BCUT2D eigenvalue weighted by Gasteiger charge is 2.11. The number of aromatic nitrogens is 2. The van der Waals surface area contributed by atoms with Crippen molar-refractivity contribution in [3.63, 3.8) is 0 Å². The van der Waals surface area contributed by atoms with Crippen LogP contribution in [0.2, 0.25) is 5.02 Å². The van der Waals surface area contributed by atoms with Crippen molar-refractivity contribution in [3.8, 4) is 17.1 Å². The molecule has 0 aliphatic carbocycles. The summed E-state index contributed by atoms with van der Waals surface area (Å²) in [4.78, 5) is 10.6. The third kappa shape index (κ3) is 6.90. The van der Waals surface area contributed by atoms with Crippen LogP contribution in [0, 0.1) is 0 Å². The smallest absolute Gasteiger partial charge is 0.246 e. The number of nitrogens with one attached hydrogen (secondary N) is 1. The fourth-order valence-electron chi connectivity index (χ4n) is 2.53. The Morgan fingerprint density at radius 3 is 2.72 bits per heavy atom. The quantitative estimate of drug-likeness (QED) is 0.283. The van der Waals surface area contributed by atoms with Gasteiger partial charge in [-0.15, -0.1) is 24.0 Å². The van der Waals surface area contributed by atoms with Crippen LogP contribution in [0.1, 0.15) is 5.89 Å². The molecule has 0 fully saturated rings. The van der Waals surface area contributed by atoms with Crippen molar-refractivity contribution >= 4 is 41.5 Å². The summed E-state index contributed by atoms with van der Waals surface area (Å²) < 4.78 is 11.0. The number of hydrogen-bond acceptors (Lipinski definition) is 5. The van der Waals surface area contributed by atoms with E-state index >= 15 is 0 Å². The van der Waals surface area contributed by atoms with Gasteiger partial charge < -0.3 is 19.5 Å². The van der Waals surface area contributed by atoms with Gasteiger partial charge in [-0.05, 0) is 24.3 Å². The van der Waals surface area contributed by atoms with Gasteiger partial charge in [0, 0.05) is 24.7 Å². The van der Waals surface area contributed by atoms with Gasteiger partial charge in [0.05, 0.1) is 13.1 Å². The van der Waals surface area contributed by atoms with E-state index in [1.807, 2.05) is 54.4 Å². The molecule has 0 unspecified atom stereocenters. The maximum atomic E-state index is 6.01. The minimum absolute atomic E-state index is 0. The number of rotatable bonds is 7. The normalized spacial score (nSPS) is 10.9. The minimum atomic E-state index is 0. The number of likely N-dealkylation sites (N-methyl/N-ethyl adjacent to an activating group) is 1. The minimum Gasteiger partial charge on any atom is -0.492 e. The average molecular weight is 528 g/mol. The molecule has 3 rings (SSSR count). The zero-order chi connectivity index (χ0) is 19.8. The van der Waals surface area contributed by atoms with Crippen LogP contribution < -0.4 is 10.1 Å². The van der Waals surface area contributed by atoms with Crippen LogP contribution in [0.3, 0.4) is 0 Å². The van der Waals surface area contributed by atoms with Crippen molar-refractivity contribution in [2.75, 3.05) is 27.2 Å². The van der Waals surface area contributed by atoms with Crippen molar-refractivity contribution in [1.82, 2.24) is 20.4 Å². The lowest BCUT2D eigenvalue weighted by Crippen LogP contribution is -2.40. The predicted molar refractivity (Wildman–Crippen MR) is 125 cm³/mol. The number of guanidine groups is 1. The summed E-state index contributed by atoms with van der Waals surface area (Å²) in [5.41, 5.74) is 0.807. The van der Waals surface area contributed by atoms with Crippen molar-refractivity contribution < 1.29 is 9.26 Å². The van der Waals surface area contributed by atoms with E-state index in [1.54, 1.807) is 19.2 Å². The zero-order valence-electron chi connectivity index (χ0n) is 16.2. The molecule has 0 aliphatic heterocycles. The molecule has 2 aromatic carbocycles. The van der Waals surface area contributed by atoms with Gasteiger partial charge in [0.25, 0.3) is 0 Å². The van der Waals surface area contributed by atoms with E-state index in [9.17, 15) is 0 Å². The summed E-state index contributed by atoms with van der Waals surface area (Å²) in [5.74, 6) is 2.52. The summed E-state index contributed by atoms with van der Waals surface area (Å²) in [6.45, 7) is 1.58. The summed E-state index contributed by atoms with van der Waals surface area (Å²) >= 11 is 6.01. The lowest BCUT2D eigenvalue weighted by molar-refractivity contribution is 0.280. The highest BCUT2D eigenvalue weighted by Crippen LogP contribution is 2.19. The van der Waals surface area contributed by atoms with Crippen LogP contribution in [0.5, 0.6) is 5.75 Å². The van der Waals surface area contributed by atoms with E-state index in [0.717, 1.165) is 11.3 Å². The monoisotopic (exact) mass is 527 g/mol. The molecule has 0 amide bonds. The molecular weight excluding hydrogens is 505 g/mol. The lowest BCUT2D eigenvalue weighted by atomic mass is 10.2. The second-order valence-corrected chi connectivity index (χ2v) is 6.44. The highest BCUT2D eigenvalue weighted by molar-refractivity contribution is 14.0. The third-order valence-corrected chi connectivity index (χ3v) is 4.20. The fourth-order valence-corrected chi connectivity index (χ4v) is 2.72. The Balaban J connectivity index is 0.00000300. The molecule has 3 aromatic rings. The molecular formula is C20H23ClIN5O2. The standard InChI is InChI=1S/C20H22ClN5O2.HI/c1-22-20(26(2)11-12-27-17-9-4-3-5-10-17)23-14-18-24-19(25-28-18)15-7-6-8-16(21)13-15;/h3-10,13H,11-12,14H2,1-2H3,(H,22,23);1H. The van der Waals surface area contributed by atoms with Gasteiger partial charge in [-0.25, -0.2) is 0 Å². The summed E-state index contributed by atoms with van der Waals surface area (Å²) in [5, 5.41) is 7.84. The van der Waals surface area contributed by atoms with Gasteiger partial charge >= 0.3 is 0 Å². The van der Waals surface area contributed by atoms with Crippen LogP contribution in [0.25, 0.3) is 11.4 Å². The molecule has 0 saturated heterocycles. The molecule has 1 heterocycles. The fraction of sp³-hybridized carbons (Fsp3) is 0.250. The first-order chi connectivity index (χ1) is 13.7. The van der Waals surface area contributed by atoms with E-state index in [2.05, 4.69) is 20.4 Å². The molecule has 7 nitrogen and oxygen atoms in total. The van der Waals surface area contributed by atoms with E-state index in [0.29, 0.717) is 42.4 Å². The van der Waals surface area contributed by atoms with Crippen molar-refractivity contribution in [3.05, 3.63) is 65.5 Å². The van der Waals surface area contributed by atoms with Gasteiger partial charge in [-0.1, -0.05) is 47.1 Å². The van der Waals surface area contributed by atoms with E-state index < -0.39 is 0 Å². The molecule has 0 atom stereocenters. The molecule has 0 aliphatic rings. The van der Waals surface area contributed by atoms with E-state index in [4.69, 9.17) is 20.9 Å².